The molecule has 5 nitrogen and oxygen atoms in total. The van der Waals surface area contributed by atoms with Gasteiger partial charge >= 0.3 is 5.97 Å². The molecule has 0 unspecified atom stereocenters. The maximum Gasteiger partial charge on any atom is 0.330 e. The summed E-state index contributed by atoms with van der Waals surface area (Å²) in [6.45, 7) is 6.50. The first-order valence-corrected chi connectivity index (χ1v) is 8.29. The van der Waals surface area contributed by atoms with Gasteiger partial charge in [-0.25, -0.2) is 17.5 Å². The summed E-state index contributed by atoms with van der Waals surface area (Å²) >= 11 is 0. The van der Waals surface area contributed by atoms with E-state index < -0.39 is 15.6 Å². The molecule has 1 saturated heterocycles. The normalized spacial score (nSPS) is 19.8. The number of hydrogen-bond donors (Lipinski definition) is 0. The maximum absolute atomic E-state index is 11.5. The molecule has 1 fully saturated rings. The fraction of sp³-hybridized carbons (Fsp3) is 0.769. The van der Waals surface area contributed by atoms with Crippen molar-refractivity contribution >= 4 is 16.0 Å². The van der Waals surface area contributed by atoms with Crippen molar-refractivity contribution in [2.75, 3.05) is 19.3 Å². The van der Waals surface area contributed by atoms with Gasteiger partial charge in [0.15, 0.2) is 0 Å². The second kappa shape index (κ2) is 6.05. The summed E-state index contributed by atoms with van der Waals surface area (Å²) in [5, 5.41) is 0. The molecule has 0 amide bonds. The van der Waals surface area contributed by atoms with Crippen LogP contribution >= 0.6 is 0 Å². The lowest BCUT2D eigenvalue weighted by molar-refractivity contribution is -0.148. The number of hydrogen-bond acceptors (Lipinski definition) is 4. The fourth-order valence-corrected chi connectivity index (χ4v) is 2.82. The van der Waals surface area contributed by atoms with E-state index in [0.29, 0.717) is 13.1 Å². The van der Waals surface area contributed by atoms with Gasteiger partial charge in [0, 0.05) is 19.2 Å². The van der Waals surface area contributed by atoms with E-state index in [9.17, 15) is 13.2 Å². The molecule has 0 spiro atoms. The number of piperidine rings is 1. The molecule has 1 heterocycles. The minimum Gasteiger partial charge on any atom is -0.457 e. The highest BCUT2D eigenvalue weighted by Crippen LogP contribution is 2.20. The van der Waals surface area contributed by atoms with E-state index in [2.05, 4.69) is 0 Å². The van der Waals surface area contributed by atoms with Crippen LogP contribution in [0, 0.1) is 5.92 Å². The van der Waals surface area contributed by atoms with E-state index in [1.54, 1.807) is 0 Å². The number of carbonyl (C=O) groups is 1. The Balaban J connectivity index is 2.43. The van der Waals surface area contributed by atoms with Crippen molar-refractivity contribution in [3.63, 3.8) is 0 Å². The van der Waals surface area contributed by atoms with Crippen LogP contribution in [0.4, 0.5) is 0 Å². The first-order valence-electron chi connectivity index (χ1n) is 6.44. The highest BCUT2D eigenvalue weighted by atomic mass is 32.2. The Hall–Kier alpha value is -0.880. The predicted octanol–water partition coefficient (Wildman–Crippen LogP) is 1.56. The van der Waals surface area contributed by atoms with E-state index in [4.69, 9.17) is 4.74 Å². The van der Waals surface area contributed by atoms with Crippen LogP contribution in [0.25, 0.3) is 0 Å². The van der Waals surface area contributed by atoms with E-state index in [0.717, 1.165) is 12.8 Å². The Morgan fingerprint density at radius 2 is 1.79 bits per heavy atom. The van der Waals surface area contributed by atoms with Crippen molar-refractivity contribution in [2.45, 2.75) is 39.2 Å². The molecule has 0 saturated carbocycles. The second-order valence-corrected chi connectivity index (χ2v) is 7.87. The fourth-order valence-electron chi connectivity index (χ4n) is 1.95. The molecule has 0 aliphatic carbocycles. The highest BCUT2D eigenvalue weighted by Gasteiger charge is 2.23. The van der Waals surface area contributed by atoms with Crippen molar-refractivity contribution in [3.05, 3.63) is 12.2 Å². The average Bonchev–Trinajstić information content (AvgIpc) is 2.23. The van der Waals surface area contributed by atoms with Crippen molar-refractivity contribution < 1.29 is 17.9 Å². The first-order chi connectivity index (χ1) is 8.58. The molecule has 1 aliphatic heterocycles. The second-order valence-electron chi connectivity index (χ2n) is 5.89. The molecule has 0 aromatic heterocycles. The van der Waals surface area contributed by atoms with E-state index in [1.807, 2.05) is 26.8 Å². The van der Waals surface area contributed by atoms with Crippen molar-refractivity contribution in [1.29, 1.82) is 0 Å². The molecule has 0 radical (unpaired) electrons. The Labute approximate surface area is 115 Å². The van der Waals surface area contributed by atoms with Crippen LogP contribution in [0.15, 0.2) is 12.2 Å². The number of nitrogens with zero attached hydrogens (tertiary/aromatic N) is 1. The molecule has 0 aromatic rings. The van der Waals surface area contributed by atoms with Gasteiger partial charge in [-0.1, -0.05) is 6.08 Å². The van der Waals surface area contributed by atoms with Crippen LogP contribution in [0.2, 0.25) is 0 Å². The molecular weight excluding hydrogens is 266 g/mol. The van der Waals surface area contributed by atoms with Gasteiger partial charge in [0.2, 0.25) is 10.0 Å². The third-order valence-electron chi connectivity index (χ3n) is 2.88. The van der Waals surface area contributed by atoms with Gasteiger partial charge in [-0.2, -0.15) is 0 Å². The summed E-state index contributed by atoms with van der Waals surface area (Å²) in [5.41, 5.74) is -0.485. The van der Waals surface area contributed by atoms with Gasteiger partial charge in [0.1, 0.15) is 5.60 Å². The predicted molar refractivity (Wildman–Crippen MR) is 74.1 cm³/mol. The molecule has 1 aliphatic rings. The number of rotatable bonds is 3. The summed E-state index contributed by atoms with van der Waals surface area (Å²) in [7, 11) is -3.09. The number of esters is 1. The molecule has 0 aromatic carbocycles. The average molecular weight is 289 g/mol. The molecule has 6 heteroatoms. The molecule has 0 atom stereocenters. The maximum atomic E-state index is 11.5. The Morgan fingerprint density at radius 1 is 1.26 bits per heavy atom. The summed E-state index contributed by atoms with van der Waals surface area (Å²) in [4.78, 5) is 11.5. The zero-order chi connectivity index (χ0) is 14.7. The van der Waals surface area contributed by atoms with Crippen molar-refractivity contribution in [3.8, 4) is 0 Å². The summed E-state index contributed by atoms with van der Waals surface area (Å²) in [6, 6.07) is 0. The smallest absolute Gasteiger partial charge is 0.330 e. The van der Waals surface area contributed by atoms with Gasteiger partial charge in [-0.05, 0) is 39.5 Å². The minimum atomic E-state index is -3.09. The van der Waals surface area contributed by atoms with Crippen LogP contribution in [-0.2, 0) is 19.6 Å². The molecule has 19 heavy (non-hydrogen) atoms. The number of carbonyl (C=O) groups excluding carboxylic acids is 1. The zero-order valence-electron chi connectivity index (χ0n) is 12.0. The molecular formula is C13H23NO4S. The van der Waals surface area contributed by atoms with Crippen LogP contribution in [-0.4, -0.2) is 43.6 Å². The topological polar surface area (TPSA) is 63.7 Å². The lowest BCUT2D eigenvalue weighted by Crippen LogP contribution is -2.37. The molecule has 1 rings (SSSR count). The van der Waals surface area contributed by atoms with Crippen LogP contribution in [0.3, 0.4) is 0 Å². The van der Waals surface area contributed by atoms with Gasteiger partial charge < -0.3 is 4.74 Å². The zero-order valence-corrected chi connectivity index (χ0v) is 12.9. The molecule has 110 valence electrons. The van der Waals surface area contributed by atoms with Gasteiger partial charge in [0.05, 0.1) is 6.26 Å². The van der Waals surface area contributed by atoms with Crippen molar-refractivity contribution in [1.82, 2.24) is 4.31 Å². The van der Waals surface area contributed by atoms with E-state index in [-0.39, 0.29) is 11.9 Å². The van der Waals surface area contributed by atoms with Gasteiger partial charge in [-0.15, -0.1) is 0 Å². The third kappa shape index (κ3) is 6.20. The summed E-state index contributed by atoms with van der Waals surface area (Å²) < 4.78 is 29.3. The summed E-state index contributed by atoms with van der Waals surface area (Å²) in [6.07, 6.45) is 5.99. The quantitative estimate of drug-likeness (QED) is 0.584. The Morgan fingerprint density at radius 3 is 2.21 bits per heavy atom. The number of sulfonamides is 1. The first kappa shape index (κ1) is 16.2. The van der Waals surface area contributed by atoms with Gasteiger partial charge in [-0.3, -0.25) is 0 Å². The standard InChI is InChI=1S/C13H23NO4S/c1-13(2,3)18-12(15)6-5-11-7-9-14(10-8-11)19(4,16)17/h5-6,11H,7-10H2,1-4H3/b6-5+. The lowest BCUT2D eigenvalue weighted by atomic mass is 9.98. The highest BCUT2D eigenvalue weighted by molar-refractivity contribution is 7.88. The van der Waals surface area contributed by atoms with Crippen LogP contribution < -0.4 is 0 Å². The Kier molecular flexibility index (Phi) is 5.15. The minimum absolute atomic E-state index is 0.241. The van der Waals surface area contributed by atoms with Crippen LogP contribution in [0.1, 0.15) is 33.6 Å². The monoisotopic (exact) mass is 289 g/mol. The molecule has 0 bridgehead atoms. The van der Waals surface area contributed by atoms with E-state index in [1.165, 1.54) is 16.6 Å². The van der Waals surface area contributed by atoms with Crippen LogP contribution in [0.5, 0.6) is 0 Å². The summed E-state index contributed by atoms with van der Waals surface area (Å²) in [5.74, 6) is -0.108. The number of ether oxygens (including phenoxy) is 1. The van der Waals surface area contributed by atoms with Crippen molar-refractivity contribution in [2.24, 2.45) is 5.92 Å². The Bertz CT molecular complexity index is 440. The lowest BCUT2D eigenvalue weighted by Gasteiger charge is -2.28. The SMILES string of the molecule is CC(C)(C)OC(=O)/C=C/C1CCN(S(C)(=O)=O)CC1. The largest absolute Gasteiger partial charge is 0.457 e. The molecule has 0 N–H and O–H groups in total. The van der Waals surface area contributed by atoms with Gasteiger partial charge in [0.25, 0.3) is 0 Å². The third-order valence-corrected chi connectivity index (χ3v) is 4.18. The number of allylic oxidation sites excluding steroid dienone is 1. The van der Waals surface area contributed by atoms with E-state index >= 15 is 0 Å².